The van der Waals surface area contributed by atoms with Crippen LogP contribution in [0.5, 0.6) is 0 Å². The molecule has 0 saturated carbocycles. The summed E-state index contributed by atoms with van der Waals surface area (Å²) in [6.07, 6.45) is 2.58. The molecule has 5 heteroatoms. The zero-order valence-electron chi connectivity index (χ0n) is 11.2. The Bertz CT molecular complexity index is 589. The standard InChI is InChI=1S/C15H17BrFN3/c1-2-7-19-14(11-4-3-8-20-15(11)18)12-9-10(16)5-6-13(12)17/h3-6,8-9,14,19H,2,7H2,1H3,(H2,18,20). The van der Waals surface area contributed by atoms with Gasteiger partial charge in [-0.05, 0) is 37.2 Å². The van der Waals surface area contributed by atoms with Crippen LogP contribution >= 0.6 is 15.9 Å². The van der Waals surface area contributed by atoms with E-state index in [1.54, 1.807) is 18.3 Å². The number of anilines is 1. The number of nitrogen functional groups attached to an aromatic ring is 1. The van der Waals surface area contributed by atoms with Crippen LogP contribution in [0.15, 0.2) is 41.0 Å². The number of rotatable bonds is 5. The number of aromatic nitrogens is 1. The number of hydrogen-bond donors (Lipinski definition) is 2. The fourth-order valence-corrected chi connectivity index (χ4v) is 2.46. The van der Waals surface area contributed by atoms with Gasteiger partial charge in [-0.25, -0.2) is 9.37 Å². The predicted molar refractivity (Wildman–Crippen MR) is 82.9 cm³/mol. The Kier molecular flexibility index (Phi) is 5.09. The summed E-state index contributed by atoms with van der Waals surface area (Å²) >= 11 is 3.38. The van der Waals surface area contributed by atoms with Crippen molar-refractivity contribution < 1.29 is 4.39 Å². The lowest BCUT2D eigenvalue weighted by atomic mass is 9.98. The number of benzene rings is 1. The number of pyridine rings is 1. The fourth-order valence-electron chi connectivity index (χ4n) is 2.09. The van der Waals surface area contributed by atoms with Crippen LogP contribution in [-0.2, 0) is 0 Å². The summed E-state index contributed by atoms with van der Waals surface area (Å²) in [5.74, 6) is 0.158. The molecule has 1 aromatic heterocycles. The van der Waals surface area contributed by atoms with E-state index in [2.05, 4.69) is 33.2 Å². The van der Waals surface area contributed by atoms with Crippen molar-refractivity contribution in [2.75, 3.05) is 12.3 Å². The minimum absolute atomic E-state index is 0.259. The third kappa shape index (κ3) is 3.35. The molecule has 0 aliphatic rings. The first kappa shape index (κ1) is 14.9. The van der Waals surface area contributed by atoms with Gasteiger partial charge in [0, 0.05) is 21.8 Å². The highest BCUT2D eigenvalue weighted by molar-refractivity contribution is 9.10. The number of hydrogen-bond acceptors (Lipinski definition) is 3. The second kappa shape index (κ2) is 6.81. The third-order valence-electron chi connectivity index (χ3n) is 3.05. The Morgan fingerprint density at radius 1 is 1.35 bits per heavy atom. The summed E-state index contributed by atoms with van der Waals surface area (Å²) in [4.78, 5) is 4.09. The minimum atomic E-state index is -0.304. The Balaban J connectivity index is 2.47. The number of halogens is 2. The van der Waals surface area contributed by atoms with Crippen molar-refractivity contribution in [1.82, 2.24) is 10.3 Å². The highest BCUT2D eigenvalue weighted by atomic mass is 79.9. The van der Waals surface area contributed by atoms with Crippen molar-refractivity contribution in [1.29, 1.82) is 0 Å². The normalized spacial score (nSPS) is 12.3. The van der Waals surface area contributed by atoms with E-state index < -0.39 is 0 Å². The first-order chi connectivity index (χ1) is 9.63. The molecule has 0 aliphatic carbocycles. The molecule has 106 valence electrons. The number of nitrogens with one attached hydrogen (secondary N) is 1. The van der Waals surface area contributed by atoms with Crippen LogP contribution in [0.2, 0.25) is 0 Å². The SMILES string of the molecule is CCCNC(c1cc(Br)ccc1F)c1cccnc1N. The van der Waals surface area contributed by atoms with Crippen LogP contribution < -0.4 is 11.1 Å². The van der Waals surface area contributed by atoms with Crippen molar-refractivity contribution in [2.24, 2.45) is 0 Å². The van der Waals surface area contributed by atoms with Gasteiger partial charge in [0.25, 0.3) is 0 Å². The number of nitrogens with two attached hydrogens (primary N) is 1. The molecule has 3 nitrogen and oxygen atoms in total. The lowest BCUT2D eigenvalue weighted by Gasteiger charge is -2.21. The van der Waals surface area contributed by atoms with Crippen molar-refractivity contribution in [3.05, 3.63) is 57.9 Å². The fraction of sp³-hybridized carbons (Fsp3) is 0.267. The Morgan fingerprint density at radius 2 is 2.15 bits per heavy atom. The second-order valence-corrected chi connectivity index (χ2v) is 5.45. The lowest BCUT2D eigenvalue weighted by Crippen LogP contribution is -2.25. The third-order valence-corrected chi connectivity index (χ3v) is 3.54. The average molecular weight is 338 g/mol. The van der Waals surface area contributed by atoms with Crippen molar-refractivity contribution in [3.63, 3.8) is 0 Å². The monoisotopic (exact) mass is 337 g/mol. The van der Waals surface area contributed by atoms with Gasteiger partial charge in [-0.2, -0.15) is 0 Å². The molecule has 1 heterocycles. The molecule has 1 atom stereocenters. The van der Waals surface area contributed by atoms with Crippen molar-refractivity contribution in [3.8, 4) is 0 Å². The summed E-state index contributed by atoms with van der Waals surface area (Å²) in [5, 5.41) is 3.33. The predicted octanol–water partition coefficient (Wildman–Crippen LogP) is 3.65. The van der Waals surface area contributed by atoms with Gasteiger partial charge in [0.15, 0.2) is 0 Å². The maximum Gasteiger partial charge on any atom is 0.128 e. The molecule has 2 aromatic rings. The number of nitrogens with zero attached hydrogens (tertiary/aromatic N) is 1. The molecule has 0 aliphatic heterocycles. The highest BCUT2D eigenvalue weighted by Crippen LogP contribution is 2.29. The maximum atomic E-state index is 14.1. The van der Waals surface area contributed by atoms with E-state index in [0.717, 1.165) is 23.0 Å². The van der Waals surface area contributed by atoms with Gasteiger partial charge in [0.2, 0.25) is 0 Å². The summed E-state index contributed by atoms with van der Waals surface area (Å²) in [7, 11) is 0. The summed E-state index contributed by atoms with van der Waals surface area (Å²) in [6, 6.07) is 8.28. The van der Waals surface area contributed by atoms with Crippen molar-refractivity contribution >= 4 is 21.7 Å². The van der Waals surface area contributed by atoms with Gasteiger partial charge in [0.1, 0.15) is 11.6 Å². The lowest BCUT2D eigenvalue weighted by molar-refractivity contribution is 0.546. The maximum absolute atomic E-state index is 14.1. The molecule has 0 fully saturated rings. The minimum Gasteiger partial charge on any atom is -0.383 e. The second-order valence-electron chi connectivity index (χ2n) is 4.53. The molecule has 0 radical (unpaired) electrons. The van der Waals surface area contributed by atoms with E-state index in [1.165, 1.54) is 6.07 Å². The molecular weight excluding hydrogens is 321 g/mol. The Hall–Kier alpha value is -1.46. The summed E-state index contributed by atoms with van der Waals surface area (Å²) in [5.41, 5.74) is 7.29. The molecular formula is C15H17BrFN3. The first-order valence-electron chi connectivity index (χ1n) is 6.52. The van der Waals surface area contributed by atoms with Crippen LogP contribution in [-0.4, -0.2) is 11.5 Å². The van der Waals surface area contributed by atoms with Crippen LogP contribution in [0.3, 0.4) is 0 Å². The molecule has 0 amide bonds. The molecule has 0 saturated heterocycles. The van der Waals surface area contributed by atoms with Crippen LogP contribution in [0.4, 0.5) is 10.2 Å². The highest BCUT2D eigenvalue weighted by Gasteiger charge is 2.20. The smallest absolute Gasteiger partial charge is 0.128 e. The quantitative estimate of drug-likeness (QED) is 0.875. The molecule has 1 unspecified atom stereocenters. The molecule has 2 rings (SSSR count). The van der Waals surface area contributed by atoms with Gasteiger partial charge in [0.05, 0.1) is 6.04 Å². The topological polar surface area (TPSA) is 50.9 Å². The van der Waals surface area contributed by atoms with Gasteiger partial charge < -0.3 is 11.1 Å². The zero-order valence-corrected chi connectivity index (χ0v) is 12.8. The Labute approximate surface area is 126 Å². The van der Waals surface area contributed by atoms with E-state index in [-0.39, 0.29) is 11.9 Å². The van der Waals surface area contributed by atoms with Crippen LogP contribution in [0.25, 0.3) is 0 Å². The van der Waals surface area contributed by atoms with E-state index in [4.69, 9.17) is 5.73 Å². The zero-order chi connectivity index (χ0) is 14.5. The van der Waals surface area contributed by atoms with E-state index in [9.17, 15) is 4.39 Å². The van der Waals surface area contributed by atoms with E-state index >= 15 is 0 Å². The van der Waals surface area contributed by atoms with Gasteiger partial charge >= 0.3 is 0 Å². The molecule has 3 N–H and O–H groups in total. The average Bonchev–Trinajstić information content (AvgIpc) is 2.44. The van der Waals surface area contributed by atoms with E-state index in [1.807, 2.05) is 12.1 Å². The summed E-state index contributed by atoms with van der Waals surface area (Å²) in [6.45, 7) is 2.83. The summed E-state index contributed by atoms with van der Waals surface area (Å²) < 4.78 is 15.0. The molecule has 1 aromatic carbocycles. The largest absolute Gasteiger partial charge is 0.383 e. The van der Waals surface area contributed by atoms with Gasteiger partial charge in [-0.1, -0.05) is 28.9 Å². The van der Waals surface area contributed by atoms with Gasteiger partial charge in [-0.15, -0.1) is 0 Å². The Morgan fingerprint density at radius 3 is 2.85 bits per heavy atom. The van der Waals surface area contributed by atoms with Crippen LogP contribution in [0.1, 0.15) is 30.5 Å². The van der Waals surface area contributed by atoms with E-state index in [0.29, 0.717) is 11.4 Å². The first-order valence-corrected chi connectivity index (χ1v) is 7.31. The van der Waals surface area contributed by atoms with Gasteiger partial charge in [-0.3, -0.25) is 0 Å². The molecule has 0 bridgehead atoms. The van der Waals surface area contributed by atoms with Crippen molar-refractivity contribution in [2.45, 2.75) is 19.4 Å². The van der Waals surface area contributed by atoms with Crippen LogP contribution in [0, 0.1) is 5.82 Å². The molecule has 20 heavy (non-hydrogen) atoms. The molecule has 0 spiro atoms.